The van der Waals surface area contributed by atoms with Crippen molar-refractivity contribution in [1.29, 1.82) is 0 Å². The molecule has 0 aliphatic carbocycles. The topological polar surface area (TPSA) is 61.4 Å². The standard InChI is InChI=1S/C18H26FN3O2.ClH/c1-13(2)10-17(23)21-7-6-18(24)22-9-8-20-12-16(22)14-4-3-5-15(19)11-14;/h3-5,11,13,16,20H,6-10,12H2,1-2H3,(H,21,23);1H. The Morgan fingerprint density at radius 1 is 1.40 bits per heavy atom. The number of nitrogens with zero attached hydrogens (tertiary/aromatic N) is 1. The SMILES string of the molecule is CC(C)CC(=O)NCCC(=O)N1CCNCC1c1cccc(F)c1.Cl. The van der Waals surface area contributed by atoms with Crippen LogP contribution >= 0.6 is 12.4 Å². The van der Waals surface area contributed by atoms with Gasteiger partial charge in [-0.2, -0.15) is 0 Å². The number of carbonyl (C=O) groups excluding carboxylic acids is 2. The van der Waals surface area contributed by atoms with Crippen LogP contribution in [0.1, 0.15) is 38.3 Å². The monoisotopic (exact) mass is 371 g/mol. The lowest BCUT2D eigenvalue weighted by Crippen LogP contribution is -2.49. The van der Waals surface area contributed by atoms with E-state index in [1.54, 1.807) is 11.0 Å². The molecule has 25 heavy (non-hydrogen) atoms. The molecule has 2 amide bonds. The number of carbonyl (C=O) groups is 2. The lowest BCUT2D eigenvalue weighted by Gasteiger charge is -2.36. The summed E-state index contributed by atoms with van der Waals surface area (Å²) in [5.41, 5.74) is 0.791. The number of amides is 2. The van der Waals surface area contributed by atoms with Gasteiger partial charge in [-0.3, -0.25) is 9.59 Å². The van der Waals surface area contributed by atoms with E-state index in [0.717, 1.165) is 12.1 Å². The van der Waals surface area contributed by atoms with E-state index in [1.807, 2.05) is 19.9 Å². The zero-order valence-corrected chi connectivity index (χ0v) is 15.6. The van der Waals surface area contributed by atoms with Gasteiger partial charge >= 0.3 is 0 Å². The van der Waals surface area contributed by atoms with E-state index in [4.69, 9.17) is 0 Å². The van der Waals surface area contributed by atoms with Crippen LogP contribution in [0.5, 0.6) is 0 Å². The van der Waals surface area contributed by atoms with Gasteiger partial charge in [0.05, 0.1) is 6.04 Å². The van der Waals surface area contributed by atoms with Crippen molar-refractivity contribution in [3.05, 3.63) is 35.6 Å². The van der Waals surface area contributed by atoms with Gasteiger partial charge in [0.15, 0.2) is 0 Å². The van der Waals surface area contributed by atoms with E-state index in [1.165, 1.54) is 12.1 Å². The van der Waals surface area contributed by atoms with E-state index in [0.29, 0.717) is 32.0 Å². The summed E-state index contributed by atoms with van der Waals surface area (Å²) in [6.45, 7) is 6.21. The van der Waals surface area contributed by atoms with Crippen molar-refractivity contribution in [3.63, 3.8) is 0 Å². The molecule has 1 unspecified atom stereocenters. The Bertz CT molecular complexity index is 583. The van der Waals surface area contributed by atoms with Crippen LogP contribution in [0.15, 0.2) is 24.3 Å². The molecule has 0 bridgehead atoms. The van der Waals surface area contributed by atoms with E-state index >= 15 is 0 Å². The minimum atomic E-state index is -0.300. The fraction of sp³-hybridized carbons (Fsp3) is 0.556. The summed E-state index contributed by atoms with van der Waals surface area (Å²) >= 11 is 0. The van der Waals surface area contributed by atoms with Crippen LogP contribution in [0.3, 0.4) is 0 Å². The largest absolute Gasteiger partial charge is 0.356 e. The van der Waals surface area contributed by atoms with E-state index in [9.17, 15) is 14.0 Å². The minimum Gasteiger partial charge on any atom is -0.356 e. The number of halogens is 2. The van der Waals surface area contributed by atoms with Crippen LogP contribution in [0.25, 0.3) is 0 Å². The summed E-state index contributed by atoms with van der Waals surface area (Å²) < 4.78 is 13.5. The van der Waals surface area contributed by atoms with Gasteiger partial charge in [-0.05, 0) is 23.6 Å². The van der Waals surface area contributed by atoms with Crippen LogP contribution in [0.2, 0.25) is 0 Å². The average molecular weight is 372 g/mol. The molecule has 1 atom stereocenters. The second-order valence-corrected chi connectivity index (χ2v) is 6.56. The zero-order chi connectivity index (χ0) is 17.5. The number of rotatable bonds is 6. The molecule has 7 heteroatoms. The molecule has 2 N–H and O–H groups in total. The van der Waals surface area contributed by atoms with Gasteiger partial charge in [-0.1, -0.05) is 26.0 Å². The summed E-state index contributed by atoms with van der Waals surface area (Å²) in [6.07, 6.45) is 0.726. The van der Waals surface area contributed by atoms with Gasteiger partial charge in [0.1, 0.15) is 5.82 Å². The maximum atomic E-state index is 13.5. The Labute approximate surface area is 154 Å². The quantitative estimate of drug-likeness (QED) is 0.806. The Hall–Kier alpha value is -1.66. The highest BCUT2D eigenvalue weighted by Gasteiger charge is 2.27. The highest BCUT2D eigenvalue weighted by molar-refractivity contribution is 5.85. The second kappa shape index (κ2) is 10.4. The smallest absolute Gasteiger partial charge is 0.224 e. The lowest BCUT2D eigenvalue weighted by molar-refractivity contribution is -0.134. The molecule has 0 saturated carbocycles. The van der Waals surface area contributed by atoms with Gasteiger partial charge in [0.2, 0.25) is 11.8 Å². The predicted molar refractivity (Wildman–Crippen MR) is 98.1 cm³/mol. The molecule has 1 heterocycles. The van der Waals surface area contributed by atoms with E-state index < -0.39 is 0 Å². The number of hydrogen-bond donors (Lipinski definition) is 2. The predicted octanol–water partition coefficient (Wildman–Crippen LogP) is 2.27. The van der Waals surface area contributed by atoms with Gasteiger partial charge in [-0.15, -0.1) is 12.4 Å². The summed E-state index contributed by atoms with van der Waals surface area (Å²) in [4.78, 5) is 25.9. The Morgan fingerprint density at radius 3 is 2.84 bits per heavy atom. The molecular formula is C18H27ClFN3O2. The molecule has 5 nitrogen and oxygen atoms in total. The molecule has 0 spiro atoms. The summed E-state index contributed by atoms with van der Waals surface area (Å²) in [7, 11) is 0. The number of benzene rings is 1. The van der Waals surface area contributed by atoms with E-state index in [-0.39, 0.29) is 42.5 Å². The fourth-order valence-corrected chi connectivity index (χ4v) is 2.91. The third-order valence-corrected chi connectivity index (χ3v) is 4.05. The molecular weight excluding hydrogens is 345 g/mol. The maximum Gasteiger partial charge on any atom is 0.224 e. The summed E-state index contributed by atoms with van der Waals surface area (Å²) in [6, 6.07) is 6.20. The Balaban J connectivity index is 0.00000312. The molecule has 2 rings (SSSR count). The minimum absolute atomic E-state index is 0. The average Bonchev–Trinajstić information content (AvgIpc) is 2.54. The Kier molecular flexibility index (Phi) is 8.86. The third-order valence-electron chi connectivity index (χ3n) is 4.05. The highest BCUT2D eigenvalue weighted by atomic mass is 35.5. The molecule has 1 aromatic rings. The molecule has 0 radical (unpaired) electrons. The summed E-state index contributed by atoms with van der Waals surface area (Å²) in [5, 5.41) is 6.03. The van der Waals surface area contributed by atoms with Crippen molar-refractivity contribution in [2.75, 3.05) is 26.2 Å². The first-order valence-corrected chi connectivity index (χ1v) is 8.49. The molecule has 1 aliphatic rings. The van der Waals surface area contributed by atoms with Crippen LogP contribution in [0, 0.1) is 11.7 Å². The van der Waals surface area contributed by atoms with Crippen LogP contribution in [-0.4, -0.2) is 42.9 Å². The number of piperazine rings is 1. The van der Waals surface area contributed by atoms with E-state index in [2.05, 4.69) is 10.6 Å². The van der Waals surface area contributed by atoms with Crippen LogP contribution in [-0.2, 0) is 9.59 Å². The van der Waals surface area contributed by atoms with Crippen LogP contribution < -0.4 is 10.6 Å². The molecule has 1 aliphatic heterocycles. The summed E-state index contributed by atoms with van der Waals surface area (Å²) in [5.74, 6) is -0.0481. The van der Waals surface area contributed by atoms with Crippen LogP contribution in [0.4, 0.5) is 4.39 Å². The first-order valence-electron chi connectivity index (χ1n) is 8.49. The first kappa shape index (κ1) is 21.4. The first-order chi connectivity index (χ1) is 11.5. The molecule has 1 fully saturated rings. The number of hydrogen-bond acceptors (Lipinski definition) is 3. The molecule has 1 aromatic carbocycles. The van der Waals surface area contributed by atoms with Gasteiger partial charge in [0.25, 0.3) is 0 Å². The van der Waals surface area contributed by atoms with Gasteiger partial charge < -0.3 is 15.5 Å². The van der Waals surface area contributed by atoms with Crippen molar-refractivity contribution >= 4 is 24.2 Å². The normalized spacial score (nSPS) is 17.1. The Morgan fingerprint density at radius 2 is 2.16 bits per heavy atom. The van der Waals surface area contributed by atoms with Crippen molar-refractivity contribution in [1.82, 2.24) is 15.5 Å². The number of nitrogens with one attached hydrogen (secondary N) is 2. The highest BCUT2D eigenvalue weighted by Crippen LogP contribution is 2.23. The third kappa shape index (κ3) is 6.63. The molecule has 0 aromatic heterocycles. The lowest BCUT2D eigenvalue weighted by atomic mass is 10.0. The second-order valence-electron chi connectivity index (χ2n) is 6.56. The molecule has 1 saturated heterocycles. The van der Waals surface area contributed by atoms with Crippen molar-refractivity contribution in [3.8, 4) is 0 Å². The molecule has 140 valence electrons. The van der Waals surface area contributed by atoms with Gasteiger partial charge in [0, 0.05) is 39.0 Å². The maximum absolute atomic E-state index is 13.5. The van der Waals surface area contributed by atoms with Crippen molar-refractivity contribution in [2.24, 2.45) is 5.92 Å². The zero-order valence-electron chi connectivity index (χ0n) is 14.8. The van der Waals surface area contributed by atoms with Crippen molar-refractivity contribution < 1.29 is 14.0 Å². The fourth-order valence-electron chi connectivity index (χ4n) is 2.91. The van der Waals surface area contributed by atoms with Crippen molar-refractivity contribution in [2.45, 2.75) is 32.7 Å². The van der Waals surface area contributed by atoms with Gasteiger partial charge in [-0.25, -0.2) is 4.39 Å².